The first kappa shape index (κ1) is 12.3. The van der Waals surface area contributed by atoms with Gasteiger partial charge < -0.3 is 14.5 Å². The standard InChI is InChI=1S/C11H13N3O4/c1-2-17-7-6-12-11-13-10-8(14(15)16)4-3-5-9(10)18-11/h3-5H,2,6-7H2,1H3,(H,12,13). The van der Waals surface area contributed by atoms with Crippen LogP contribution in [0.25, 0.3) is 11.1 Å². The summed E-state index contributed by atoms with van der Waals surface area (Å²) in [5.74, 6) is 0. The average Bonchev–Trinajstić information content (AvgIpc) is 2.76. The highest BCUT2D eigenvalue weighted by Gasteiger charge is 2.16. The maximum Gasteiger partial charge on any atom is 0.298 e. The molecule has 2 aromatic rings. The number of benzene rings is 1. The van der Waals surface area contributed by atoms with Crippen LogP contribution >= 0.6 is 0 Å². The number of nitrogens with one attached hydrogen (secondary N) is 1. The Balaban J connectivity index is 2.17. The van der Waals surface area contributed by atoms with Crippen LogP contribution in [0.4, 0.5) is 11.7 Å². The molecule has 1 aromatic heterocycles. The second-order valence-corrected chi connectivity index (χ2v) is 3.52. The first-order valence-corrected chi connectivity index (χ1v) is 5.58. The SMILES string of the molecule is CCOCCNc1nc2c([N+](=O)[O-])cccc2o1. The lowest BCUT2D eigenvalue weighted by atomic mass is 10.3. The van der Waals surface area contributed by atoms with Crippen LogP contribution in [0, 0.1) is 10.1 Å². The number of nitrogens with zero attached hydrogens (tertiary/aromatic N) is 2. The van der Waals surface area contributed by atoms with Gasteiger partial charge in [0, 0.05) is 19.2 Å². The van der Waals surface area contributed by atoms with E-state index in [9.17, 15) is 10.1 Å². The first-order valence-electron chi connectivity index (χ1n) is 5.58. The number of nitro groups is 1. The van der Waals surface area contributed by atoms with Gasteiger partial charge >= 0.3 is 0 Å². The summed E-state index contributed by atoms with van der Waals surface area (Å²) in [6.45, 7) is 3.61. The fourth-order valence-corrected chi connectivity index (χ4v) is 1.53. The zero-order chi connectivity index (χ0) is 13.0. The van der Waals surface area contributed by atoms with Crippen molar-refractivity contribution in [2.75, 3.05) is 25.1 Å². The fourth-order valence-electron chi connectivity index (χ4n) is 1.53. The van der Waals surface area contributed by atoms with E-state index >= 15 is 0 Å². The number of fused-ring (bicyclic) bond motifs is 1. The van der Waals surface area contributed by atoms with Crippen LogP contribution < -0.4 is 5.32 Å². The van der Waals surface area contributed by atoms with E-state index in [2.05, 4.69) is 10.3 Å². The molecule has 0 bridgehead atoms. The van der Waals surface area contributed by atoms with E-state index in [1.807, 2.05) is 6.92 Å². The van der Waals surface area contributed by atoms with Crippen molar-refractivity contribution in [2.45, 2.75) is 6.92 Å². The second kappa shape index (κ2) is 5.46. The maximum absolute atomic E-state index is 10.8. The summed E-state index contributed by atoms with van der Waals surface area (Å²) in [6, 6.07) is 4.87. The first-order chi connectivity index (χ1) is 8.72. The largest absolute Gasteiger partial charge is 0.423 e. The van der Waals surface area contributed by atoms with Gasteiger partial charge in [-0.15, -0.1) is 0 Å². The van der Waals surface area contributed by atoms with Crippen molar-refractivity contribution in [1.29, 1.82) is 0 Å². The molecule has 7 nitrogen and oxygen atoms in total. The lowest BCUT2D eigenvalue weighted by Gasteiger charge is -2.00. The second-order valence-electron chi connectivity index (χ2n) is 3.52. The normalized spacial score (nSPS) is 10.7. The van der Waals surface area contributed by atoms with Crippen LogP contribution in [0.15, 0.2) is 22.6 Å². The molecule has 0 spiro atoms. The highest BCUT2D eigenvalue weighted by Crippen LogP contribution is 2.26. The Morgan fingerprint density at radius 2 is 2.39 bits per heavy atom. The zero-order valence-electron chi connectivity index (χ0n) is 9.88. The number of anilines is 1. The number of hydrogen-bond donors (Lipinski definition) is 1. The molecule has 1 N–H and O–H groups in total. The van der Waals surface area contributed by atoms with Crippen LogP contribution in [0.1, 0.15) is 6.92 Å². The molecule has 0 saturated carbocycles. The van der Waals surface area contributed by atoms with Crippen LogP contribution in [0.3, 0.4) is 0 Å². The number of non-ortho nitro benzene ring substituents is 1. The number of rotatable bonds is 6. The van der Waals surface area contributed by atoms with Gasteiger partial charge in [-0.3, -0.25) is 10.1 Å². The van der Waals surface area contributed by atoms with E-state index in [-0.39, 0.29) is 17.2 Å². The zero-order valence-corrected chi connectivity index (χ0v) is 9.88. The van der Waals surface area contributed by atoms with Crippen LogP contribution in [-0.4, -0.2) is 29.7 Å². The third kappa shape index (κ3) is 2.57. The molecule has 96 valence electrons. The Hall–Kier alpha value is -2.15. The third-order valence-electron chi connectivity index (χ3n) is 2.32. The van der Waals surface area contributed by atoms with Gasteiger partial charge in [-0.05, 0) is 13.0 Å². The van der Waals surface area contributed by atoms with Gasteiger partial charge in [0.2, 0.25) is 0 Å². The van der Waals surface area contributed by atoms with Crippen LogP contribution in [0.2, 0.25) is 0 Å². The minimum Gasteiger partial charge on any atom is -0.423 e. The summed E-state index contributed by atoms with van der Waals surface area (Å²) < 4.78 is 10.5. The molecular formula is C11H13N3O4. The van der Waals surface area contributed by atoms with E-state index in [1.54, 1.807) is 12.1 Å². The van der Waals surface area contributed by atoms with Crippen molar-refractivity contribution in [1.82, 2.24) is 4.98 Å². The molecule has 18 heavy (non-hydrogen) atoms. The molecule has 0 atom stereocenters. The molecule has 0 aliphatic rings. The summed E-state index contributed by atoms with van der Waals surface area (Å²) in [6.07, 6.45) is 0. The quantitative estimate of drug-likeness (QED) is 0.480. The predicted molar refractivity (Wildman–Crippen MR) is 65.6 cm³/mol. The van der Waals surface area contributed by atoms with Gasteiger partial charge in [0.15, 0.2) is 11.1 Å². The fraction of sp³-hybridized carbons (Fsp3) is 0.364. The molecule has 1 aromatic carbocycles. The Bertz CT molecular complexity index is 552. The monoisotopic (exact) mass is 251 g/mol. The van der Waals surface area contributed by atoms with Crippen molar-refractivity contribution in [3.05, 3.63) is 28.3 Å². The van der Waals surface area contributed by atoms with E-state index < -0.39 is 4.92 Å². The van der Waals surface area contributed by atoms with Crippen LogP contribution in [0.5, 0.6) is 0 Å². The van der Waals surface area contributed by atoms with E-state index in [1.165, 1.54) is 6.07 Å². The lowest BCUT2D eigenvalue weighted by molar-refractivity contribution is -0.383. The summed E-state index contributed by atoms with van der Waals surface area (Å²) in [7, 11) is 0. The molecule has 7 heteroatoms. The number of ether oxygens (including phenoxy) is 1. The summed E-state index contributed by atoms with van der Waals surface area (Å²) in [4.78, 5) is 14.4. The van der Waals surface area contributed by atoms with E-state index in [0.29, 0.717) is 25.3 Å². The minimum absolute atomic E-state index is 0.0610. The molecule has 0 amide bonds. The predicted octanol–water partition coefficient (Wildman–Crippen LogP) is 2.18. The summed E-state index contributed by atoms with van der Waals surface area (Å²) >= 11 is 0. The van der Waals surface area contributed by atoms with Gasteiger partial charge in [-0.25, -0.2) is 0 Å². The molecular weight excluding hydrogens is 238 g/mol. The van der Waals surface area contributed by atoms with Crippen molar-refractivity contribution in [3.63, 3.8) is 0 Å². The van der Waals surface area contributed by atoms with Gasteiger partial charge in [0.1, 0.15) is 0 Å². The summed E-state index contributed by atoms with van der Waals surface area (Å²) in [5.41, 5.74) is 0.582. The molecule has 0 aliphatic carbocycles. The third-order valence-corrected chi connectivity index (χ3v) is 2.32. The Labute approximate surface area is 103 Å². The maximum atomic E-state index is 10.8. The molecule has 0 saturated heterocycles. The number of nitro benzene ring substituents is 1. The van der Waals surface area contributed by atoms with Crippen molar-refractivity contribution < 1.29 is 14.1 Å². The highest BCUT2D eigenvalue weighted by atomic mass is 16.6. The molecule has 0 fully saturated rings. The molecule has 0 radical (unpaired) electrons. The average molecular weight is 251 g/mol. The number of hydrogen-bond acceptors (Lipinski definition) is 6. The topological polar surface area (TPSA) is 90.4 Å². The minimum atomic E-state index is -0.477. The van der Waals surface area contributed by atoms with Crippen molar-refractivity contribution in [2.24, 2.45) is 0 Å². The molecule has 0 unspecified atom stereocenters. The Kier molecular flexibility index (Phi) is 3.73. The van der Waals surface area contributed by atoms with Crippen molar-refractivity contribution >= 4 is 22.8 Å². The number of aromatic nitrogens is 1. The van der Waals surface area contributed by atoms with Gasteiger partial charge in [-0.1, -0.05) is 6.07 Å². The van der Waals surface area contributed by atoms with Gasteiger partial charge in [-0.2, -0.15) is 4.98 Å². The van der Waals surface area contributed by atoms with Crippen LogP contribution in [-0.2, 0) is 4.74 Å². The number of oxazole rings is 1. The molecule has 1 heterocycles. The van der Waals surface area contributed by atoms with E-state index in [0.717, 1.165) is 0 Å². The number of para-hydroxylation sites is 1. The van der Waals surface area contributed by atoms with Gasteiger partial charge in [0.25, 0.3) is 11.7 Å². The summed E-state index contributed by atoms with van der Waals surface area (Å²) in [5, 5.41) is 13.7. The molecule has 2 rings (SSSR count). The van der Waals surface area contributed by atoms with Gasteiger partial charge in [0.05, 0.1) is 11.5 Å². The molecule has 0 aliphatic heterocycles. The van der Waals surface area contributed by atoms with E-state index in [4.69, 9.17) is 9.15 Å². The smallest absolute Gasteiger partial charge is 0.298 e. The Morgan fingerprint density at radius 1 is 1.56 bits per heavy atom. The Morgan fingerprint density at radius 3 is 3.11 bits per heavy atom. The lowest BCUT2D eigenvalue weighted by Crippen LogP contribution is -2.09. The van der Waals surface area contributed by atoms with Crippen molar-refractivity contribution in [3.8, 4) is 0 Å². The highest BCUT2D eigenvalue weighted by molar-refractivity contribution is 5.83.